The van der Waals surface area contributed by atoms with Gasteiger partial charge in [-0.05, 0) is 0 Å². The van der Waals surface area contributed by atoms with Crippen LogP contribution in [-0.2, 0) is 19.1 Å². The van der Waals surface area contributed by atoms with Gasteiger partial charge in [-0.1, -0.05) is 0 Å². The van der Waals surface area contributed by atoms with E-state index >= 15 is 0 Å². The molecular formula is C6H5F3O4. The van der Waals surface area contributed by atoms with E-state index in [-0.39, 0.29) is 6.42 Å². The normalized spacial score (nSPS) is 21.8. The largest absolute Gasteiger partial charge is 0.490 e. The monoisotopic (exact) mass is 198 g/mol. The highest BCUT2D eigenvalue weighted by Gasteiger charge is 2.42. The van der Waals surface area contributed by atoms with Crippen molar-refractivity contribution >= 4 is 11.9 Å². The highest BCUT2D eigenvalue weighted by molar-refractivity contribution is 5.77. The zero-order valence-electron chi connectivity index (χ0n) is 6.26. The van der Waals surface area contributed by atoms with Crippen LogP contribution in [0.2, 0.25) is 0 Å². The quantitative estimate of drug-likeness (QED) is 0.603. The lowest BCUT2D eigenvalue weighted by Crippen LogP contribution is -2.38. The molecule has 4 nitrogen and oxygen atoms in total. The molecule has 1 atom stereocenters. The molecule has 1 fully saturated rings. The minimum atomic E-state index is -4.99. The van der Waals surface area contributed by atoms with Gasteiger partial charge in [-0.25, -0.2) is 4.79 Å². The third-order valence-corrected chi connectivity index (χ3v) is 1.32. The highest BCUT2D eigenvalue weighted by atomic mass is 19.4. The van der Waals surface area contributed by atoms with E-state index in [2.05, 4.69) is 9.47 Å². The first kappa shape index (κ1) is 9.82. The fourth-order valence-corrected chi connectivity index (χ4v) is 0.706. The smallest absolute Gasteiger partial charge is 0.458 e. The fourth-order valence-electron chi connectivity index (χ4n) is 0.706. The van der Waals surface area contributed by atoms with Gasteiger partial charge in [0.15, 0.2) is 0 Å². The SMILES string of the molecule is O=C1CC(COC(=O)C(F)(F)F)O1. The molecule has 0 saturated carbocycles. The first-order valence-electron chi connectivity index (χ1n) is 3.33. The number of esters is 2. The zero-order valence-corrected chi connectivity index (χ0v) is 6.26. The summed E-state index contributed by atoms with van der Waals surface area (Å²) >= 11 is 0. The van der Waals surface area contributed by atoms with E-state index in [0.717, 1.165) is 0 Å². The van der Waals surface area contributed by atoms with E-state index in [1.807, 2.05) is 0 Å². The number of halogens is 3. The topological polar surface area (TPSA) is 52.6 Å². The maximum Gasteiger partial charge on any atom is 0.490 e. The van der Waals surface area contributed by atoms with Gasteiger partial charge in [-0.2, -0.15) is 13.2 Å². The molecule has 0 aromatic carbocycles. The summed E-state index contributed by atoms with van der Waals surface area (Å²) in [5.74, 6) is -2.77. The number of hydrogen-bond donors (Lipinski definition) is 0. The summed E-state index contributed by atoms with van der Waals surface area (Å²) in [6, 6.07) is 0. The summed E-state index contributed by atoms with van der Waals surface area (Å²) < 4.78 is 42.7. The predicted molar refractivity (Wildman–Crippen MR) is 31.5 cm³/mol. The van der Waals surface area contributed by atoms with Gasteiger partial charge in [0.25, 0.3) is 0 Å². The highest BCUT2D eigenvalue weighted by Crippen LogP contribution is 2.18. The average Bonchev–Trinajstić information content (AvgIpc) is 1.93. The molecule has 13 heavy (non-hydrogen) atoms. The molecule has 0 bridgehead atoms. The number of carbonyl (C=O) groups is 2. The van der Waals surface area contributed by atoms with Gasteiger partial charge in [-0.3, -0.25) is 4.79 Å². The molecule has 1 heterocycles. The van der Waals surface area contributed by atoms with Crippen LogP contribution in [0.4, 0.5) is 13.2 Å². The number of hydrogen-bond acceptors (Lipinski definition) is 4. The van der Waals surface area contributed by atoms with E-state index in [1.165, 1.54) is 0 Å². The molecule has 0 aliphatic carbocycles. The van der Waals surface area contributed by atoms with Crippen molar-refractivity contribution in [3.63, 3.8) is 0 Å². The molecule has 0 radical (unpaired) electrons. The predicted octanol–water partition coefficient (Wildman–Crippen LogP) is 0.407. The first-order valence-corrected chi connectivity index (χ1v) is 3.33. The van der Waals surface area contributed by atoms with Gasteiger partial charge in [0.1, 0.15) is 12.7 Å². The van der Waals surface area contributed by atoms with Gasteiger partial charge in [0.05, 0.1) is 6.42 Å². The molecule has 1 aliphatic heterocycles. The summed E-state index contributed by atoms with van der Waals surface area (Å²) in [6.45, 7) is -0.538. The van der Waals surface area contributed by atoms with Crippen molar-refractivity contribution < 1.29 is 32.2 Å². The Bertz CT molecular complexity index is 227. The van der Waals surface area contributed by atoms with Crippen LogP contribution < -0.4 is 0 Å². The lowest BCUT2D eigenvalue weighted by molar-refractivity contribution is -0.207. The van der Waals surface area contributed by atoms with Crippen molar-refractivity contribution in [3.05, 3.63) is 0 Å². The lowest BCUT2D eigenvalue weighted by atomic mass is 10.2. The van der Waals surface area contributed by atoms with Crippen molar-refractivity contribution in [2.45, 2.75) is 18.7 Å². The Morgan fingerprint density at radius 1 is 1.62 bits per heavy atom. The number of cyclic esters (lactones) is 1. The molecule has 0 amide bonds. The molecular weight excluding hydrogens is 193 g/mol. The van der Waals surface area contributed by atoms with Crippen LogP contribution in [0.1, 0.15) is 6.42 Å². The summed E-state index contributed by atoms with van der Waals surface area (Å²) in [5, 5.41) is 0. The van der Waals surface area contributed by atoms with E-state index < -0.39 is 30.8 Å². The van der Waals surface area contributed by atoms with Crippen LogP contribution in [0.3, 0.4) is 0 Å². The van der Waals surface area contributed by atoms with Crippen LogP contribution in [0, 0.1) is 0 Å². The molecule has 1 aliphatic rings. The Morgan fingerprint density at radius 2 is 2.15 bits per heavy atom. The average molecular weight is 198 g/mol. The van der Waals surface area contributed by atoms with Gasteiger partial charge in [-0.15, -0.1) is 0 Å². The van der Waals surface area contributed by atoms with Crippen molar-refractivity contribution in [1.29, 1.82) is 0 Å². The van der Waals surface area contributed by atoms with E-state index in [0.29, 0.717) is 0 Å². The summed E-state index contributed by atoms with van der Waals surface area (Å²) in [7, 11) is 0. The Kier molecular flexibility index (Phi) is 2.44. The molecule has 1 rings (SSSR count). The Morgan fingerprint density at radius 3 is 2.54 bits per heavy atom. The standard InChI is InChI=1S/C6H5F3O4/c7-6(8,9)5(11)12-2-3-1-4(10)13-3/h3H,1-2H2. The Hall–Kier alpha value is -1.27. The summed E-state index contributed by atoms with van der Waals surface area (Å²) in [6.07, 6.45) is -5.72. The van der Waals surface area contributed by atoms with Crippen LogP contribution in [-0.4, -0.2) is 30.8 Å². The Labute approximate surface area is 70.6 Å². The fraction of sp³-hybridized carbons (Fsp3) is 0.667. The number of carbonyl (C=O) groups excluding carboxylic acids is 2. The molecule has 0 aromatic rings. The van der Waals surface area contributed by atoms with Crippen molar-refractivity contribution in [3.8, 4) is 0 Å². The van der Waals surface area contributed by atoms with Crippen molar-refractivity contribution in [2.24, 2.45) is 0 Å². The zero-order chi connectivity index (χ0) is 10.1. The third kappa shape index (κ3) is 2.60. The van der Waals surface area contributed by atoms with E-state index in [9.17, 15) is 22.8 Å². The van der Waals surface area contributed by atoms with E-state index in [1.54, 1.807) is 0 Å². The first-order chi connectivity index (χ1) is 5.89. The van der Waals surface area contributed by atoms with Crippen LogP contribution in [0.5, 0.6) is 0 Å². The van der Waals surface area contributed by atoms with Gasteiger partial charge in [0.2, 0.25) is 0 Å². The van der Waals surface area contributed by atoms with Gasteiger partial charge in [0, 0.05) is 0 Å². The van der Waals surface area contributed by atoms with Crippen LogP contribution in [0.25, 0.3) is 0 Å². The number of rotatable bonds is 2. The van der Waals surface area contributed by atoms with E-state index in [4.69, 9.17) is 0 Å². The molecule has 0 aromatic heterocycles. The molecule has 0 N–H and O–H groups in total. The van der Waals surface area contributed by atoms with Crippen molar-refractivity contribution in [1.82, 2.24) is 0 Å². The second kappa shape index (κ2) is 3.23. The lowest BCUT2D eigenvalue weighted by Gasteiger charge is -2.24. The summed E-state index contributed by atoms with van der Waals surface area (Å²) in [4.78, 5) is 20.3. The minimum absolute atomic E-state index is 0.00879. The van der Waals surface area contributed by atoms with Crippen LogP contribution in [0.15, 0.2) is 0 Å². The van der Waals surface area contributed by atoms with Gasteiger partial charge < -0.3 is 9.47 Å². The molecule has 7 heteroatoms. The number of alkyl halides is 3. The Balaban J connectivity index is 2.20. The summed E-state index contributed by atoms with van der Waals surface area (Å²) in [5.41, 5.74) is 0. The molecule has 0 spiro atoms. The second-order valence-electron chi connectivity index (χ2n) is 2.41. The number of ether oxygens (including phenoxy) is 2. The maximum atomic E-state index is 11.5. The minimum Gasteiger partial charge on any atom is -0.458 e. The van der Waals surface area contributed by atoms with Gasteiger partial charge >= 0.3 is 18.1 Å². The second-order valence-corrected chi connectivity index (χ2v) is 2.41. The van der Waals surface area contributed by atoms with Crippen molar-refractivity contribution in [2.75, 3.05) is 6.61 Å². The molecule has 1 saturated heterocycles. The molecule has 1 unspecified atom stereocenters. The third-order valence-electron chi connectivity index (χ3n) is 1.32. The molecule has 74 valence electrons. The maximum absolute atomic E-state index is 11.5. The van der Waals surface area contributed by atoms with Crippen LogP contribution >= 0.6 is 0 Å².